The van der Waals surface area contributed by atoms with E-state index < -0.39 is 6.10 Å². The van der Waals surface area contributed by atoms with Crippen molar-refractivity contribution in [1.82, 2.24) is 0 Å². The third kappa shape index (κ3) is 53.2. The van der Waals surface area contributed by atoms with Gasteiger partial charge in [0.2, 0.25) is 0 Å². The highest BCUT2D eigenvalue weighted by Crippen LogP contribution is 2.12. The van der Waals surface area contributed by atoms with Gasteiger partial charge in [0.1, 0.15) is 13.2 Å². The molecule has 6 heteroatoms. The lowest BCUT2D eigenvalue weighted by Gasteiger charge is -2.18. The number of carbonyl (C=O) groups is 3. The van der Waals surface area contributed by atoms with E-state index in [4.69, 9.17) is 14.2 Å². The van der Waals surface area contributed by atoms with Crippen molar-refractivity contribution in [2.75, 3.05) is 13.2 Å². The predicted octanol–water partition coefficient (Wildman–Crippen LogP) is 18.5. The SMILES string of the molecule is CCCCC/C=C\C/C=C\C/C=C\C/C=C\CCCC(=O)OCC(COC(=O)CCCCC/C=C\C=C/CCCCCCCCC)OC(=O)CCCCC/C=C\C=C/CCCCCCCCC. The number of unbranched alkanes of at least 4 members (excludes halogenated alkanes) is 24. The van der Waals surface area contributed by atoms with Crippen LogP contribution in [0.4, 0.5) is 0 Å². The Bertz CT molecular complexity index is 1350. The topological polar surface area (TPSA) is 78.9 Å². The largest absolute Gasteiger partial charge is 0.462 e. The van der Waals surface area contributed by atoms with Crippen molar-refractivity contribution in [3.05, 3.63) is 97.2 Å². The van der Waals surface area contributed by atoms with Gasteiger partial charge in [-0.25, -0.2) is 0 Å². The molecule has 0 spiro atoms. The summed E-state index contributed by atoms with van der Waals surface area (Å²) < 4.78 is 16.7. The van der Waals surface area contributed by atoms with Gasteiger partial charge in [-0.05, 0) is 109 Å². The van der Waals surface area contributed by atoms with Gasteiger partial charge in [-0.3, -0.25) is 14.4 Å². The number of carbonyl (C=O) groups excluding carboxylic acids is 3. The molecule has 0 amide bonds. The maximum Gasteiger partial charge on any atom is 0.306 e. The van der Waals surface area contributed by atoms with Crippen molar-refractivity contribution in [3.8, 4) is 0 Å². The van der Waals surface area contributed by atoms with E-state index in [1.165, 1.54) is 116 Å². The maximum atomic E-state index is 12.8. The zero-order valence-corrected chi connectivity index (χ0v) is 43.6. The van der Waals surface area contributed by atoms with Crippen LogP contribution in [0.2, 0.25) is 0 Å². The average Bonchev–Trinajstić information content (AvgIpc) is 3.33. The van der Waals surface area contributed by atoms with Crippen LogP contribution in [-0.4, -0.2) is 37.2 Å². The second-order valence-corrected chi connectivity index (χ2v) is 18.2. The Morgan fingerprint density at radius 1 is 0.313 bits per heavy atom. The summed E-state index contributed by atoms with van der Waals surface area (Å²) in [7, 11) is 0. The van der Waals surface area contributed by atoms with E-state index in [2.05, 4.69) is 118 Å². The van der Waals surface area contributed by atoms with E-state index in [0.29, 0.717) is 12.8 Å². The molecule has 0 aromatic heterocycles. The number of rotatable bonds is 49. The number of ether oxygens (including phenoxy) is 3. The fraction of sp³-hybridized carbons (Fsp3) is 0.689. The van der Waals surface area contributed by atoms with E-state index in [0.717, 1.165) is 89.9 Å². The fourth-order valence-electron chi connectivity index (χ4n) is 7.36. The van der Waals surface area contributed by atoms with Gasteiger partial charge in [0, 0.05) is 19.3 Å². The fourth-order valence-corrected chi connectivity index (χ4v) is 7.36. The second kappa shape index (κ2) is 54.9. The number of hydrogen-bond donors (Lipinski definition) is 0. The molecule has 0 fully saturated rings. The molecule has 0 aromatic carbocycles. The third-order valence-electron chi connectivity index (χ3n) is 11.6. The smallest absolute Gasteiger partial charge is 0.306 e. The first-order chi connectivity index (χ1) is 33.0. The summed E-state index contributed by atoms with van der Waals surface area (Å²) >= 11 is 0. The molecule has 0 heterocycles. The molecule has 0 aliphatic rings. The normalized spacial score (nSPS) is 12.8. The van der Waals surface area contributed by atoms with Crippen LogP contribution >= 0.6 is 0 Å². The van der Waals surface area contributed by atoms with Crippen molar-refractivity contribution in [2.24, 2.45) is 0 Å². The van der Waals surface area contributed by atoms with Crippen LogP contribution in [0.1, 0.15) is 252 Å². The standard InChI is InChI=1S/C61H102O6/c1-4-7-10-13-16-19-22-25-28-31-34-36-39-42-45-48-51-54-60(63)66-57-58(67-61(64)55-52-49-46-43-40-37-33-30-27-24-21-18-15-12-9-6-3)56-65-59(62)53-50-47-44-41-38-35-32-29-26-23-20-17-14-11-8-5-2/h16,19,25,28-30,32-38,40,42,45,58H,4-15,17-18,20-24,26-27,31,39,41,43-44,46-57H2,1-3H3/b19-16-,28-25-,32-29-,33-30-,36-34-,38-35-,40-37-,45-42-. The van der Waals surface area contributed by atoms with Crippen LogP contribution in [0.3, 0.4) is 0 Å². The van der Waals surface area contributed by atoms with Gasteiger partial charge in [0.15, 0.2) is 6.10 Å². The van der Waals surface area contributed by atoms with Crippen molar-refractivity contribution in [1.29, 1.82) is 0 Å². The minimum absolute atomic E-state index is 0.120. The molecule has 0 aliphatic heterocycles. The summed E-state index contributed by atoms with van der Waals surface area (Å²) in [6, 6.07) is 0. The summed E-state index contributed by atoms with van der Waals surface area (Å²) in [5, 5.41) is 0. The second-order valence-electron chi connectivity index (χ2n) is 18.2. The predicted molar refractivity (Wildman–Crippen MR) is 288 cm³/mol. The lowest BCUT2D eigenvalue weighted by molar-refractivity contribution is -0.167. The summed E-state index contributed by atoms with van der Waals surface area (Å²) in [5.74, 6) is -1.03. The molecule has 0 radical (unpaired) electrons. The molecule has 67 heavy (non-hydrogen) atoms. The third-order valence-corrected chi connectivity index (χ3v) is 11.6. The first-order valence-electron chi connectivity index (χ1n) is 27.8. The maximum absolute atomic E-state index is 12.8. The molecule has 0 rings (SSSR count). The molecular weight excluding hydrogens is 829 g/mol. The van der Waals surface area contributed by atoms with Gasteiger partial charge in [-0.1, -0.05) is 221 Å². The minimum Gasteiger partial charge on any atom is -0.462 e. The lowest BCUT2D eigenvalue weighted by atomic mass is 10.1. The van der Waals surface area contributed by atoms with Gasteiger partial charge < -0.3 is 14.2 Å². The van der Waals surface area contributed by atoms with E-state index in [9.17, 15) is 14.4 Å². The molecule has 6 nitrogen and oxygen atoms in total. The van der Waals surface area contributed by atoms with Gasteiger partial charge in [-0.2, -0.15) is 0 Å². The van der Waals surface area contributed by atoms with Crippen molar-refractivity contribution >= 4 is 17.9 Å². The quantitative estimate of drug-likeness (QED) is 0.0199. The Kier molecular flexibility index (Phi) is 51.9. The van der Waals surface area contributed by atoms with Crippen molar-refractivity contribution in [3.63, 3.8) is 0 Å². The molecule has 0 aromatic rings. The number of allylic oxidation sites excluding steroid dienone is 16. The Hall–Kier alpha value is -3.67. The Balaban J connectivity index is 4.57. The molecule has 0 saturated heterocycles. The lowest BCUT2D eigenvalue weighted by Crippen LogP contribution is -2.30. The summed E-state index contributed by atoms with van der Waals surface area (Å²) in [6.07, 6.45) is 72.6. The highest BCUT2D eigenvalue weighted by molar-refractivity contribution is 5.71. The van der Waals surface area contributed by atoms with Crippen LogP contribution in [0.5, 0.6) is 0 Å². The summed E-state index contributed by atoms with van der Waals surface area (Å²) in [4.78, 5) is 38.1. The Morgan fingerprint density at radius 3 is 1.01 bits per heavy atom. The van der Waals surface area contributed by atoms with Gasteiger partial charge in [0.05, 0.1) is 0 Å². The zero-order valence-electron chi connectivity index (χ0n) is 43.6. The van der Waals surface area contributed by atoms with Crippen LogP contribution in [0.15, 0.2) is 97.2 Å². The molecular formula is C61H102O6. The van der Waals surface area contributed by atoms with Crippen molar-refractivity contribution < 1.29 is 28.6 Å². The number of hydrogen-bond acceptors (Lipinski definition) is 6. The zero-order chi connectivity index (χ0) is 48.6. The molecule has 0 aliphatic carbocycles. The monoisotopic (exact) mass is 931 g/mol. The molecule has 0 N–H and O–H groups in total. The molecule has 382 valence electrons. The summed E-state index contributed by atoms with van der Waals surface area (Å²) in [6.45, 7) is 6.51. The van der Waals surface area contributed by atoms with E-state index in [-0.39, 0.29) is 44.0 Å². The molecule has 1 unspecified atom stereocenters. The van der Waals surface area contributed by atoms with E-state index in [1.807, 2.05) is 0 Å². The molecule has 0 bridgehead atoms. The van der Waals surface area contributed by atoms with E-state index in [1.54, 1.807) is 0 Å². The Labute approximate surface area is 413 Å². The van der Waals surface area contributed by atoms with Gasteiger partial charge >= 0.3 is 17.9 Å². The first-order valence-corrected chi connectivity index (χ1v) is 27.8. The highest BCUT2D eigenvalue weighted by Gasteiger charge is 2.19. The van der Waals surface area contributed by atoms with E-state index >= 15 is 0 Å². The van der Waals surface area contributed by atoms with Gasteiger partial charge in [-0.15, -0.1) is 0 Å². The number of esters is 3. The Morgan fingerprint density at radius 2 is 0.597 bits per heavy atom. The highest BCUT2D eigenvalue weighted by atomic mass is 16.6. The first kappa shape index (κ1) is 63.3. The van der Waals surface area contributed by atoms with Crippen LogP contribution in [0, 0.1) is 0 Å². The van der Waals surface area contributed by atoms with Crippen LogP contribution < -0.4 is 0 Å². The van der Waals surface area contributed by atoms with Crippen molar-refractivity contribution in [2.45, 2.75) is 258 Å². The molecule has 1 atom stereocenters. The van der Waals surface area contributed by atoms with Crippen LogP contribution in [0.25, 0.3) is 0 Å². The summed E-state index contributed by atoms with van der Waals surface area (Å²) in [5.41, 5.74) is 0. The van der Waals surface area contributed by atoms with Crippen LogP contribution in [-0.2, 0) is 28.6 Å². The minimum atomic E-state index is -0.825. The average molecular weight is 931 g/mol. The molecule has 0 saturated carbocycles. The van der Waals surface area contributed by atoms with Gasteiger partial charge in [0.25, 0.3) is 0 Å².